The van der Waals surface area contributed by atoms with E-state index in [1.165, 1.54) is 5.57 Å². The van der Waals surface area contributed by atoms with Crippen LogP contribution in [0.5, 0.6) is 0 Å². The monoisotopic (exact) mass is 258 g/mol. The summed E-state index contributed by atoms with van der Waals surface area (Å²) in [5.41, 5.74) is 1.27. The van der Waals surface area contributed by atoms with Crippen LogP contribution in [0.1, 0.15) is 52.9 Å². The maximum absolute atomic E-state index is 12.7. The summed E-state index contributed by atoms with van der Waals surface area (Å²) in [6, 6.07) is 0. The van der Waals surface area contributed by atoms with Crippen molar-refractivity contribution < 1.29 is 9.59 Å². The molecule has 102 valence electrons. The normalized spacial score (nSPS) is 37.1. The number of allylic oxidation sites excluding steroid dienone is 4. The molecule has 0 aliphatic heterocycles. The molecular formula is C17H22O2. The van der Waals surface area contributed by atoms with Crippen LogP contribution >= 0.6 is 0 Å². The lowest BCUT2D eigenvalue weighted by Gasteiger charge is -2.38. The lowest BCUT2D eigenvalue weighted by Crippen LogP contribution is -2.41. The minimum atomic E-state index is -0.473. The largest absolute Gasteiger partial charge is 0.294 e. The Morgan fingerprint density at radius 3 is 2.68 bits per heavy atom. The van der Waals surface area contributed by atoms with Gasteiger partial charge in [0.15, 0.2) is 11.6 Å². The highest BCUT2D eigenvalue weighted by Gasteiger charge is 2.53. The summed E-state index contributed by atoms with van der Waals surface area (Å²) >= 11 is 0. The van der Waals surface area contributed by atoms with Crippen LogP contribution in [0, 0.1) is 16.7 Å². The molecule has 0 aromatic carbocycles. The molecule has 0 N–H and O–H groups in total. The summed E-state index contributed by atoms with van der Waals surface area (Å²) in [6.45, 7) is 6.08. The molecule has 0 heterocycles. The van der Waals surface area contributed by atoms with Gasteiger partial charge in [-0.2, -0.15) is 0 Å². The van der Waals surface area contributed by atoms with E-state index in [4.69, 9.17) is 0 Å². The van der Waals surface area contributed by atoms with Crippen molar-refractivity contribution in [3.05, 3.63) is 23.3 Å². The van der Waals surface area contributed by atoms with Gasteiger partial charge < -0.3 is 0 Å². The number of rotatable bonds is 1. The molecule has 2 bridgehead atoms. The van der Waals surface area contributed by atoms with E-state index in [0.717, 1.165) is 37.7 Å². The molecule has 3 rings (SSSR count). The van der Waals surface area contributed by atoms with Gasteiger partial charge in [-0.1, -0.05) is 25.5 Å². The van der Waals surface area contributed by atoms with Crippen molar-refractivity contribution in [2.45, 2.75) is 52.9 Å². The number of hydrogen-bond donors (Lipinski definition) is 0. The molecule has 0 aromatic rings. The van der Waals surface area contributed by atoms with Gasteiger partial charge in [0.25, 0.3) is 0 Å². The van der Waals surface area contributed by atoms with E-state index >= 15 is 0 Å². The Balaban J connectivity index is 2.05. The Bertz CT molecular complexity index is 521. The predicted molar refractivity (Wildman–Crippen MR) is 74.6 cm³/mol. The number of Topliss-reactive ketones (excluding diaryl/α,β-unsaturated/α-hetero) is 1. The SMILES string of the molecule is CC1=CC(=O)[C@]2(C3=CCCC(C)(C)C3=O)CC[C@H]1C2. The summed E-state index contributed by atoms with van der Waals surface area (Å²) in [6.07, 6.45) is 8.46. The Kier molecular flexibility index (Phi) is 2.64. The summed E-state index contributed by atoms with van der Waals surface area (Å²) in [5, 5.41) is 0. The fourth-order valence-electron chi connectivity index (χ4n) is 4.06. The molecule has 2 heteroatoms. The van der Waals surface area contributed by atoms with E-state index in [0.29, 0.717) is 5.92 Å². The number of fused-ring (bicyclic) bond motifs is 2. The molecule has 0 saturated heterocycles. The van der Waals surface area contributed by atoms with Crippen molar-refractivity contribution in [2.24, 2.45) is 16.7 Å². The molecule has 1 fully saturated rings. The molecular weight excluding hydrogens is 236 g/mol. The summed E-state index contributed by atoms with van der Waals surface area (Å²) in [7, 11) is 0. The molecule has 3 aliphatic rings. The van der Waals surface area contributed by atoms with Crippen LogP contribution < -0.4 is 0 Å². The predicted octanol–water partition coefficient (Wildman–Crippen LogP) is 3.62. The maximum Gasteiger partial charge on any atom is 0.166 e. The molecule has 2 atom stereocenters. The first-order chi connectivity index (χ1) is 8.87. The first-order valence-corrected chi connectivity index (χ1v) is 7.35. The highest BCUT2D eigenvalue weighted by Crippen LogP contribution is 2.55. The number of carbonyl (C=O) groups is 2. The molecule has 3 aliphatic carbocycles. The van der Waals surface area contributed by atoms with E-state index < -0.39 is 5.41 Å². The van der Waals surface area contributed by atoms with Crippen LogP contribution in [0.4, 0.5) is 0 Å². The summed E-state index contributed by atoms with van der Waals surface area (Å²) in [5.74, 6) is 0.896. The third-order valence-corrected chi connectivity index (χ3v) is 5.48. The fourth-order valence-corrected chi connectivity index (χ4v) is 4.06. The van der Waals surface area contributed by atoms with E-state index in [-0.39, 0.29) is 17.0 Å². The van der Waals surface area contributed by atoms with Crippen molar-refractivity contribution in [3.63, 3.8) is 0 Å². The van der Waals surface area contributed by atoms with Crippen molar-refractivity contribution in [1.82, 2.24) is 0 Å². The van der Waals surface area contributed by atoms with Crippen molar-refractivity contribution in [3.8, 4) is 0 Å². The minimum Gasteiger partial charge on any atom is -0.294 e. The van der Waals surface area contributed by atoms with Crippen LogP contribution in [0.2, 0.25) is 0 Å². The van der Waals surface area contributed by atoms with E-state index in [2.05, 4.69) is 13.0 Å². The third kappa shape index (κ3) is 1.69. The van der Waals surface area contributed by atoms with Gasteiger partial charge in [-0.25, -0.2) is 0 Å². The van der Waals surface area contributed by atoms with E-state index in [9.17, 15) is 9.59 Å². The van der Waals surface area contributed by atoms with E-state index in [1.54, 1.807) is 6.08 Å². The smallest absolute Gasteiger partial charge is 0.166 e. The van der Waals surface area contributed by atoms with Gasteiger partial charge in [-0.15, -0.1) is 0 Å². The first kappa shape index (κ1) is 12.8. The molecule has 19 heavy (non-hydrogen) atoms. The van der Waals surface area contributed by atoms with Crippen molar-refractivity contribution in [2.75, 3.05) is 0 Å². The van der Waals surface area contributed by atoms with Gasteiger partial charge in [0, 0.05) is 11.0 Å². The van der Waals surface area contributed by atoms with E-state index in [1.807, 2.05) is 13.8 Å². The second-order valence-corrected chi connectivity index (χ2v) is 7.14. The molecule has 0 spiro atoms. The topological polar surface area (TPSA) is 34.1 Å². The van der Waals surface area contributed by atoms with Crippen LogP contribution in [0.25, 0.3) is 0 Å². The quantitative estimate of drug-likeness (QED) is 0.720. The number of hydrogen-bond acceptors (Lipinski definition) is 2. The Morgan fingerprint density at radius 2 is 1.95 bits per heavy atom. The van der Waals surface area contributed by atoms with Gasteiger partial charge in [0.1, 0.15) is 0 Å². The lowest BCUT2D eigenvalue weighted by atomic mass is 9.63. The minimum absolute atomic E-state index is 0.177. The second-order valence-electron chi connectivity index (χ2n) is 7.14. The van der Waals surface area contributed by atoms with Crippen LogP contribution in [-0.2, 0) is 9.59 Å². The molecule has 0 unspecified atom stereocenters. The van der Waals surface area contributed by atoms with Crippen LogP contribution in [-0.4, -0.2) is 11.6 Å². The van der Waals surface area contributed by atoms with Gasteiger partial charge in [-0.3, -0.25) is 9.59 Å². The molecule has 0 amide bonds. The zero-order chi connectivity index (χ0) is 13.8. The van der Waals surface area contributed by atoms with Crippen molar-refractivity contribution in [1.29, 1.82) is 0 Å². The average Bonchev–Trinajstić information content (AvgIpc) is 2.74. The van der Waals surface area contributed by atoms with Crippen LogP contribution in [0.3, 0.4) is 0 Å². The zero-order valence-corrected chi connectivity index (χ0v) is 12.1. The number of carbonyl (C=O) groups excluding carboxylic acids is 2. The Labute approximate surface area is 115 Å². The molecule has 2 nitrogen and oxygen atoms in total. The highest BCUT2D eigenvalue weighted by atomic mass is 16.1. The second kappa shape index (κ2) is 3.91. The highest BCUT2D eigenvalue weighted by molar-refractivity contribution is 6.10. The first-order valence-electron chi connectivity index (χ1n) is 7.35. The Morgan fingerprint density at radius 1 is 1.21 bits per heavy atom. The molecule has 0 aromatic heterocycles. The van der Waals surface area contributed by atoms with Crippen molar-refractivity contribution >= 4 is 11.6 Å². The fraction of sp³-hybridized carbons (Fsp3) is 0.647. The Hall–Kier alpha value is -1.18. The van der Waals surface area contributed by atoms with Crippen LogP contribution in [0.15, 0.2) is 23.3 Å². The zero-order valence-electron chi connectivity index (χ0n) is 12.1. The summed E-state index contributed by atoms with van der Waals surface area (Å²) in [4.78, 5) is 25.3. The van der Waals surface area contributed by atoms with Gasteiger partial charge in [0.05, 0.1) is 5.41 Å². The van der Waals surface area contributed by atoms with Gasteiger partial charge >= 0.3 is 0 Å². The van der Waals surface area contributed by atoms with Gasteiger partial charge in [-0.05, 0) is 51.0 Å². The average molecular weight is 258 g/mol. The third-order valence-electron chi connectivity index (χ3n) is 5.48. The lowest BCUT2D eigenvalue weighted by molar-refractivity contribution is -0.130. The standard InChI is InChI=1S/C17H22O2/c1-11-9-14(18)17(8-6-12(11)10-17)13-5-4-7-16(2,3)15(13)19/h5,9,12H,4,6-8,10H2,1-3H3/t12-,17+/m0/s1. The molecule has 0 radical (unpaired) electrons. The van der Waals surface area contributed by atoms with Gasteiger partial charge in [0.2, 0.25) is 0 Å². The number of ketones is 2. The summed E-state index contributed by atoms with van der Waals surface area (Å²) < 4.78 is 0. The molecule has 1 saturated carbocycles. The maximum atomic E-state index is 12.7.